The fraction of sp³-hybridized carbons (Fsp3) is 0.412. The number of hydrogen-bond donors (Lipinski definition) is 1. The molecule has 0 fully saturated rings. The summed E-state index contributed by atoms with van der Waals surface area (Å²) >= 11 is 0.452. The minimum atomic E-state index is -4.53. The van der Waals surface area contributed by atoms with Crippen molar-refractivity contribution in [3.8, 4) is 0 Å². The molecule has 2 aliphatic heterocycles. The summed E-state index contributed by atoms with van der Waals surface area (Å²) in [6.45, 7) is 2.25. The highest BCUT2D eigenvalue weighted by atomic mass is 32.1. The minimum Gasteiger partial charge on any atom is -0.386 e. The maximum absolute atomic E-state index is 12.7. The van der Waals surface area contributed by atoms with Crippen LogP contribution in [-0.4, -0.2) is 62.1 Å². The zero-order valence-corrected chi connectivity index (χ0v) is 16.4. The van der Waals surface area contributed by atoms with E-state index in [0.717, 1.165) is 10.9 Å². The van der Waals surface area contributed by atoms with Gasteiger partial charge in [0.15, 0.2) is 10.8 Å². The number of aliphatic hydroxyl groups excluding tert-OH is 1. The summed E-state index contributed by atoms with van der Waals surface area (Å²) in [5.41, 5.74) is 0.602. The van der Waals surface area contributed by atoms with Gasteiger partial charge >= 0.3 is 11.9 Å². The smallest absolute Gasteiger partial charge is 0.386 e. The van der Waals surface area contributed by atoms with Gasteiger partial charge in [0.25, 0.3) is 0 Å². The Balaban J connectivity index is 1.48. The van der Waals surface area contributed by atoms with Crippen LogP contribution in [0.5, 0.6) is 0 Å². The molecule has 0 aliphatic carbocycles. The molecule has 158 valence electrons. The third kappa shape index (κ3) is 4.16. The third-order valence-corrected chi connectivity index (χ3v) is 5.51. The molecule has 2 aromatic rings. The topological polar surface area (TPSA) is 109 Å². The Bertz CT molecular complexity index is 1110. The first-order valence-corrected chi connectivity index (χ1v) is 9.73. The van der Waals surface area contributed by atoms with Crippen molar-refractivity contribution in [2.75, 3.05) is 18.0 Å². The standard InChI is InChI=1S/C17H16F3N7O2S/c1-9-21-5-12(24-9)11-2-3-26(8-13(11)28)14-6-23-27(16(29)25-14)7-10-4-22-15(30-10)17(18,19)20/h2,4-6,9,13,28H,3,7-8H2,1H3/t9?,13-/m0/s1. The van der Waals surface area contributed by atoms with Gasteiger partial charge in [0, 0.05) is 36.0 Å². The lowest BCUT2D eigenvalue weighted by molar-refractivity contribution is -0.137. The zero-order chi connectivity index (χ0) is 21.5. The van der Waals surface area contributed by atoms with Gasteiger partial charge in [-0.15, -0.1) is 11.3 Å². The maximum atomic E-state index is 12.7. The fourth-order valence-corrected chi connectivity index (χ4v) is 3.82. The van der Waals surface area contributed by atoms with E-state index in [2.05, 4.69) is 25.1 Å². The first-order valence-electron chi connectivity index (χ1n) is 8.91. The SMILES string of the molecule is CC1N=CC(C2=CCN(c3cnn(Cc4cnc(C(F)(F)F)s4)c(=O)n3)C[C@@H]2O)=N1. The van der Waals surface area contributed by atoms with Crippen molar-refractivity contribution in [3.63, 3.8) is 0 Å². The molecule has 0 radical (unpaired) electrons. The van der Waals surface area contributed by atoms with Crippen molar-refractivity contribution in [3.05, 3.63) is 44.4 Å². The summed E-state index contributed by atoms with van der Waals surface area (Å²) in [6, 6.07) is 0. The summed E-state index contributed by atoms with van der Waals surface area (Å²) in [7, 11) is 0. The molecule has 1 unspecified atom stereocenters. The number of rotatable bonds is 4. The Morgan fingerprint density at radius 1 is 1.33 bits per heavy atom. The second-order valence-electron chi connectivity index (χ2n) is 6.69. The molecule has 0 aromatic carbocycles. The van der Waals surface area contributed by atoms with E-state index in [1.165, 1.54) is 6.20 Å². The minimum absolute atomic E-state index is 0.163. The number of nitrogens with zero attached hydrogens (tertiary/aromatic N) is 7. The van der Waals surface area contributed by atoms with Crippen molar-refractivity contribution in [1.29, 1.82) is 0 Å². The van der Waals surface area contributed by atoms with Crippen molar-refractivity contribution in [2.24, 2.45) is 9.98 Å². The van der Waals surface area contributed by atoms with Crippen molar-refractivity contribution in [1.82, 2.24) is 19.7 Å². The molecular weight excluding hydrogens is 423 g/mol. The van der Waals surface area contributed by atoms with Crippen molar-refractivity contribution >= 4 is 29.1 Å². The first-order chi connectivity index (χ1) is 14.2. The van der Waals surface area contributed by atoms with Crippen LogP contribution in [0.15, 0.2) is 38.8 Å². The number of halogens is 3. The van der Waals surface area contributed by atoms with Crippen LogP contribution in [0.2, 0.25) is 0 Å². The van der Waals surface area contributed by atoms with Crippen LogP contribution < -0.4 is 10.6 Å². The Labute approximate surface area is 172 Å². The molecule has 0 spiro atoms. The van der Waals surface area contributed by atoms with Gasteiger partial charge in [-0.2, -0.15) is 23.3 Å². The van der Waals surface area contributed by atoms with E-state index in [0.29, 0.717) is 29.2 Å². The number of thiazole rings is 1. The lowest BCUT2D eigenvalue weighted by Gasteiger charge is -2.30. The molecule has 0 bridgehead atoms. The van der Waals surface area contributed by atoms with Crippen molar-refractivity contribution < 1.29 is 18.3 Å². The van der Waals surface area contributed by atoms with Gasteiger partial charge in [-0.3, -0.25) is 9.98 Å². The number of hydrogen-bond acceptors (Lipinski definition) is 9. The van der Waals surface area contributed by atoms with Crippen LogP contribution in [0.25, 0.3) is 0 Å². The van der Waals surface area contributed by atoms with Gasteiger partial charge in [-0.1, -0.05) is 6.08 Å². The highest BCUT2D eigenvalue weighted by Crippen LogP contribution is 2.32. The molecule has 2 aliphatic rings. The summed E-state index contributed by atoms with van der Waals surface area (Å²) in [5, 5.41) is 13.5. The molecule has 0 saturated heterocycles. The maximum Gasteiger partial charge on any atom is 0.443 e. The molecule has 0 amide bonds. The highest BCUT2D eigenvalue weighted by Gasteiger charge is 2.34. The predicted octanol–water partition coefficient (Wildman–Crippen LogP) is 1.14. The van der Waals surface area contributed by atoms with Crippen molar-refractivity contribution in [2.45, 2.75) is 31.9 Å². The van der Waals surface area contributed by atoms with Crippen LogP contribution >= 0.6 is 11.3 Å². The third-order valence-electron chi connectivity index (χ3n) is 4.49. The average molecular weight is 439 g/mol. The molecule has 4 rings (SSSR count). The van der Waals surface area contributed by atoms with E-state index in [-0.39, 0.29) is 30.0 Å². The van der Waals surface area contributed by atoms with Crippen LogP contribution in [0.1, 0.15) is 16.8 Å². The summed E-state index contributed by atoms with van der Waals surface area (Å²) in [6.07, 6.45) is 0.291. The Morgan fingerprint density at radius 3 is 2.73 bits per heavy atom. The average Bonchev–Trinajstić information content (AvgIpc) is 3.32. The highest BCUT2D eigenvalue weighted by molar-refractivity contribution is 7.11. The van der Waals surface area contributed by atoms with Crippen LogP contribution in [0.3, 0.4) is 0 Å². The summed E-state index contributed by atoms with van der Waals surface area (Å²) in [4.78, 5) is 30.0. The van der Waals surface area contributed by atoms with Crippen LogP contribution in [0.4, 0.5) is 19.0 Å². The predicted molar refractivity (Wildman–Crippen MR) is 104 cm³/mol. The molecule has 13 heteroatoms. The lowest BCUT2D eigenvalue weighted by Crippen LogP contribution is -2.41. The van der Waals surface area contributed by atoms with E-state index in [4.69, 9.17) is 0 Å². The Morgan fingerprint density at radius 2 is 2.13 bits per heavy atom. The molecule has 9 nitrogen and oxygen atoms in total. The first kappa shape index (κ1) is 20.3. The zero-order valence-electron chi connectivity index (χ0n) is 15.6. The molecule has 30 heavy (non-hydrogen) atoms. The van der Waals surface area contributed by atoms with Gasteiger partial charge in [0.2, 0.25) is 0 Å². The molecular formula is C17H16F3N7O2S. The normalized spacial score (nSPS) is 21.7. The summed E-state index contributed by atoms with van der Waals surface area (Å²) < 4.78 is 38.9. The summed E-state index contributed by atoms with van der Waals surface area (Å²) in [5.74, 6) is 0.265. The van der Waals surface area contributed by atoms with Gasteiger partial charge in [0.1, 0.15) is 6.17 Å². The second-order valence-corrected chi connectivity index (χ2v) is 7.80. The van der Waals surface area contributed by atoms with Crippen LogP contribution in [0, 0.1) is 0 Å². The van der Waals surface area contributed by atoms with E-state index in [1.807, 2.05) is 6.92 Å². The molecule has 4 heterocycles. The van der Waals surface area contributed by atoms with E-state index >= 15 is 0 Å². The number of alkyl halides is 3. The number of aliphatic imine (C=N–C) groups is 2. The van der Waals surface area contributed by atoms with Crippen LogP contribution in [-0.2, 0) is 12.7 Å². The Hall–Kier alpha value is -2.93. The van der Waals surface area contributed by atoms with E-state index < -0.39 is 23.0 Å². The van der Waals surface area contributed by atoms with E-state index in [9.17, 15) is 23.1 Å². The second kappa shape index (κ2) is 7.72. The Kier molecular flexibility index (Phi) is 5.24. The number of aliphatic hydroxyl groups is 1. The molecule has 2 aromatic heterocycles. The number of aromatic nitrogens is 4. The van der Waals surface area contributed by atoms with Gasteiger partial charge < -0.3 is 10.0 Å². The molecule has 2 atom stereocenters. The van der Waals surface area contributed by atoms with E-state index in [1.54, 1.807) is 17.2 Å². The molecule has 1 N–H and O–H groups in total. The molecule has 0 saturated carbocycles. The largest absolute Gasteiger partial charge is 0.443 e. The van der Waals surface area contributed by atoms with Gasteiger partial charge in [0.05, 0.1) is 24.6 Å². The lowest BCUT2D eigenvalue weighted by atomic mass is 10.0. The number of β-amino-alcohol motifs (C(OH)–C–C–N with tert-alkyl or cyclic N) is 1. The fourth-order valence-electron chi connectivity index (χ4n) is 3.06. The van der Waals surface area contributed by atoms with Gasteiger partial charge in [-0.05, 0) is 6.92 Å². The monoisotopic (exact) mass is 439 g/mol. The quantitative estimate of drug-likeness (QED) is 0.765. The van der Waals surface area contributed by atoms with Gasteiger partial charge in [-0.25, -0.2) is 14.5 Å². The number of anilines is 1.